The molecular weight excluding hydrogens is 314 g/mol. The first-order valence-corrected chi connectivity index (χ1v) is 8.98. The molecule has 0 aliphatic carbocycles. The summed E-state index contributed by atoms with van der Waals surface area (Å²) in [7, 11) is 0. The number of ether oxygens (including phenoxy) is 1. The largest absolute Gasteiger partial charge is 0.461 e. The van der Waals surface area contributed by atoms with E-state index < -0.39 is 0 Å². The minimum absolute atomic E-state index is 0.278. The zero-order valence-electron chi connectivity index (χ0n) is 15.2. The van der Waals surface area contributed by atoms with Crippen LogP contribution in [0.5, 0.6) is 0 Å². The number of nitrogens with one attached hydrogen (secondary N) is 2. The fraction of sp³-hybridized carbons (Fsp3) is 0.500. The lowest BCUT2D eigenvalue weighted by Gasteiger charge is -2.32. The van der Waals surface area contributed by atoms with Gasteiger partial charge in [0.1, 0.15) is 11.6 Å². The topological polar surface area (TPSA) is 72.3 Å². The molecule has 0 fully saturated rings. The number of fused-ring (bicyclic) bond motifs is 1. The van der Waals surface area contributed by atoms with Crippen molar-refractivity contribution in [3.05, 3.63) is 35.1 Å². The molecular formula is C20H26N3O2+. The van der Waals surface area contributed by atoms with Gasteiger partial charge in [-0.25, -0.2) is 4.98 Å². The minimum Gasteiger partial charge on any atom is -0.461 e. The number of hydrogen-bond acceptors (Lipinski definition) is 4. The number of rotatable bonds is 6. The highest BCUT2D eigenvalue weighted by molar-refractivity contribution is 5.64. The average Bonchev–Trinajstić information content (AvgIpc) is 3.11. The van der Waals surface area contributed by atoms with Crippen molar-refractivity contribution < 1.29 is 14.1 Å². The van der Waals surface area contributed by atoms with Gasteiger partial charge in [-0.05, 0) is 44.4 Å². The standard InChI is InChI=1S/C20H25N3O2/c1-4-5-6-9-22-19-15(12-21)14-11-20(2,3)25-13-16(14)18(23-19)17-8-7-10-24-17/h7-8,10H,4-6,9,11,13H2,1-3H3,(H,22,23)/p+1. The number of unbranched alkanes of at least 4 members (excludes halogenated alkanes) is 2. The Bertz CT molecular complexity index is 773. The summed E-state index contributed by atoms with van der Waals surface area (Å²) >= 11 is 0. The smallest absolute Gasteiger partial charge is 0.291 e. The lowest BCUT2D eigenvalue weighted by Crippen LogP contribution is -2.35. The first-order chi connectivity index (χ1) is 12.1. The molecule has 0 amide bonds. The quantitative estimate of drug-likeness (QED) is 0.804. The molecule has 1 aliphatic heterocycles. The third-order valence-corrected chi connectivity index (χ3v) is 4.64. The second kappa shape index (κ2) is 7.28. The van der Waals surface area contributed by atoms with Crippen molar-refractivity contribution in [2.75, 3.05) is 11.9 Å². The van der Waals surface area contributed by atoms with Crippen LogP contribution in [0.25, 0.3) is 11.5 Å². The van der Waals surface area contributed by atoms with Crippen LogP contribution in [-0.2, 0) is 17.8 Å². The normalized spacial score (nSPS) is 15.4. The summed E-state index contributed by atoms with van der Waals surface area (Å²) in [5, 5.41) is 13.2. The van der Waals surface area contributed by atoms with E-state index in [2.05, 4.69) is 37.1 Å². The second-order valence-corrected chi connectivity index (χ2v) is 7.16. The van der Waals surface area contributed by atoms with Crippen LogP contribution in [0.2, 0.25) is 0 Å². The molecule has 2 aromatic heterocycles. The van der Waals surface area contributed by atoms with Gasteiger partial charge in [0.05, 0.1) is 25.0 Å². The number of aromatic nitrogens is 1. The van der Waals surface area contributed by atoms with Crippen LogP contribution in [-0.4, -0.2) is 12.1 Å². The van der Waals surface area contributed by atoms with E-state index in [4.69, 9.17) is 9.15 Å². The maximum absolute atomic E-state index is 9.79. The van der Waals surface area contributed by atoms with E-state index in [1.54, 1.807) is 6.26 Å². The first-order valence-electron chi connectivity index (χ1n) is 8.98. The van der Waals surface area contributed by atoms with Crippen LogP contribution in [0, 0.1) is 11.3 Å². The van der Waals surface area contributed by atoms with Gasteiger partial charge in [-0.2, -0.15) is 5.26 Å². The van der Waals surface area contributed by atoms with Crippen molar-refractivity contribution in [1.82, 2.24) is 0 Å². The minimum atomic E-state index is -0.278. The Kier molecular flexibility index (Phi) is 5.10. The van der Waals surface area contributed by atoms with Gasteiger partial charge in [0.25, 0.3) is 5.82 Å². The molecule has 5 nitrogen and oxygen atoms in total. The van der Waals surface area contributed by atoms with Crippen LogP contribution in [0.1, 0.15) is 56.7 Å². The molecule has 3 heterocycles. The predicted octanol–water partition coefficient (Wildman–Crippen LogP) is 4.09. The van der Waals surface area contributed by atoms with Gasteiger partial charge in [0.2, 0.25) is 0 Å². The van der Waals surface area contributed by atoms with Gasteiger partial charge in [-0.1, -0.05) is 13.3 Å². The Morgan fingerprint density at radius 3 is 2.84 bits per heavy atom. The van der Waals surface area contributed by atoms with Gasteiger partial charge in [0, 0.05) is 12.0 Å². The summed E-state index contributed by atoms with van der Waals surface area (Å²) in [5.74, 6) is 1.54. The van der Waals surface area contributed by atoms with Crippen molar-refractivity contribution in [2.24, 2.45) is 0 Å². The Morgan fingerprint density at radius 2 is 2.16 bits per heavy atom. The van der Waals surface area contributed by atoms with Crippen LogP contribution < -0.4 is 10.3 Å². The summed E-state index contributed by atoms with van der Waals surface area (Å²) in [4.78, 5) is 3.39. The number of nitrogens with zero attached hydrogens (tertiary/aromatic N) is 1. The van der Waals surface area contributed by atoms with Gasteiger partial charge in [-0.15, -0.1) is 0 Å². The highest BCUT2D eigenvalue weighted by Gasteiger charge is 2.34. The number of aromatic amines is 1. The van der Waals surface area contributed by atoms with Crippen LogP contribution in [0.3, 0.4) is 0 Å². The summed E-state index contributed by atoms with van der Waals surface area (Å²) < 4.78 is 11.6. The lowest BCUT2D eigenvalue weighted by atomic mass is 9.87. The monoisotopic (exact) mass is 340 g/mol. The Hall–Kier alpha value is -2.32. The first kappa shape index (κ1) is 17.5. The zero-order valence-corrected chi connectivity index (χ0v) is 15.2. The van der Waals surface area contributed by atoms with E-state index >= 15 is 0 Å². The van der Waals surface area contributed by atoms with Crippen molar-refractivity contribution in [2.45, 2.75) is 58.7 Å². The third-order valence-electron chi connectivity index (χ3n) is 4.64. The molecule has 2 N–H and O–H groups in total. The summed E-state index contributed by atoms with van der Waals surface area (Å²) in [6.07, 6.45) is 5.79. The van der Waals surface area contributed by atoms with Gasteiger partial charge in [0.15, 0.2) is 11.5 Å². The SMILES string of the molecule is CCCCCNc1[nH+]c(-c2ccco2)c2c(c1C#N)CC(C)(C)OC2. The second-order valence-electron chi connectivity index (χ2n) is 7.16. The lowest BCUT2D eigenvalue weighted by molar-refractivity contribution is -0.350. The molecule has 0 saturated carbocycles. The van der Waals surface area contributed by atoms with Crippen molar-refractivity contribution in [3.8, 4) is 17.5 Å². The molecule has 1 aliphatic rings. The van der Waals surface area contributed by atoms with E-state index in [0.717, 1.165) is 41.4 Å². The molecule has 0 aromatic carbocycles. The number of anilines is 1. The van der Waals surface area contributed by atoms with Gasteiger partial charge >= 0.3 is 0 Å². The van der Waals surface area contributed by atoms with Crippen molar-refractivity contribution in [3.63, 3.8) is 0 Å². The third kappa shape index (κ3) is 3.69. The molecule has 132 valence electrons. The van der Waals surface area contributed by atoms with E-state index in [0.29, 0.717) is 18.6 Å². The summed E-state index contributed by atoms with van der Waals surface area (Å²) in [6, 6.07) is 6.20. The van der Waals surface area contributed by atoms with Crippen LogP contribution in [0.15, 0.2) is 22.8 Å². The van der Waals surface area contributed by atoms with Crippen LogP contribution >= 0.6 is 0 Å². The number of hydrogen-bond donors (Lipinski definition) is 1. The Labute approximate surface area is 149 Å². The van der Waals surface area contributed by atoms with E-state index in [1.807, 2.05) is 12.1 Å². The fourth-order valence-corrected chi connectivity index (χ4v) is 3.29. The van der Waals surface area contributed by atoms with Crippen molar-refractivity contribution >= 4 is 5.82 Å². The Balaban J connectivity index is 2.06. The molecule has 0 unspecified atom stereocenters. The maximum atomic E-state index is 9.79. The number of pyridine rings is 1. The molecule has 25 heavy (non-hydrogen) atoms. The highest BCUT2D eigenvalue weighted by atomic mass is 16.5. The van der Waals surface area contributed by atoms with E-state index in [-0.39, 0.29) is 5.60 Å². The molecule has 5 heteroatoms. The van der Waals surface area contributed by atoms with Gasteiger partial charge < -0.3 is 9.15 Å². The van der Waals surface area contributed by atoms with E-state index in [1.165, 1.54) is 12.8 Å². The van der Waals surface area contributed by atoms with Gasteiger partial charge in [-0.3, -0.25) is 5.32 Å². The average molecular weight is 340 g/mol. The molecule has 3 rings (SSSR count). The van der Waals surface area contributed by atoms with E-state index in [9.17, 15) is 5.26 Å². The molecule has 2 aromatic rings. The summed E-state index contributed by atoms with van der Waals surface area (Å²) in [5.41, 5.74) is 3.39. The molecule has 0 spiro atoms. The molecule has 0 bridgehead atoms. The van der Waals surface area contributed by atoms with Crippen LogP contribution in [0.4, 0.5) is 5.82 Å². The number of furan rings is 1. The number of H-pyrrole nitrogens is 1. The fourth-order valence-electron chi connectivity index (χ4n) is 3.29. The molecule has 0 saturated heterocycles. The molecule has 0 radical (unpaired) electrons. The number of nitriles is 1. The highest BCUT2D eigenvalue weighted by Crippen LogP contribution is 2.36. The molecule has 0 atom stereocenters. The Morgan fingerprint density at radius 1 is 1.32 bits per heavy atom. The predicted molar refractivity (Wildman–Crippen MR) is 96.0 cm³/mol. The summed E-state index contributed by atoms with van der Waals surface area (Å²) in [6.45, 7) is 7.63. The van der Waals surface area contributed by atoms with Crippen molar-refractivity contribution in [1.29, 1.82) is 5.26 Å². The maximum Gasteiger partial charge on any atom is 0.291 e. The zero-order chi connectivity index (χ0) is 17.9.